The van der Waals surface area contributed by atoms with E-state index in [1.165, 1.54) is 6.07 Å². The number of nitrogens with zero attached hydrogens (tertiary/aromatic N) is 1. The fourth-order valence-electron chi connectivity index (χ4n) is 2.07. The molecule has 0 spiro atoms. The van der Waals surface area contributed by atoms with Crippen LogP contribution in [-0.2, 0) is 0 Å². The van der Waals surface area contributed by atoms with Crippen molar-refractivity contribution < 1.29 is 17.6 Å². The largest absolute Gasteiger partial charge is 0.390 e. The molecule has 0 aliphatic heterocycles. The molecular weight excluding hydrogens is 284 g/mol. The normalized spacial score (nSPS) is 13.7. The Balaban J connectivity index is 2.68. The summed E-state index contributed by atoms with van der Waals surface area (Å²) >= 11 is 0. The van der Waals surface area contributed by atoms with Crippen molar-refractivity contribution >= 4 is 0 Å². The van der Waals surface area contributed by atoms with E-state index in [-0.39, 0.29) is 18.4 Å². The smallest absolute Gasteiger partial charge is 0.309 e. The van der Waals surface area contributed by atoms with Gasteiger partial charge < -0.3 is 10.2 Å². The molecule has 0 amide bonds. The number of hydrogen-bond donors (Lipinski definition) is 1. The quantitative estimate of drug-likeness (QED) is 0.736. The molecule has 1 N–H and O–H groups in total. The number of benzene rings is 1. The number of alkyl halides is 3. The van der Waals surface area contributed by atoms with Crippen LogP contribution in [-0.4, -0.2) is 37.8 Å². The fraction of sp³-hybridized carbons (Fsp3) is 0.600. The average Bonchev–Trinajstić information content (AvgIpc) is 2.41. The molecular formula is C15H22F4N2. The highest BCUT2D eigenvalue weighted by atomic mass is 19.4. The molecule has 1 atom stereocenters. The maximum atomic E-state index is 13.9. The molecule has 0 heterocycles. The lowest BCUT2D eigenvalue weighted by atomic mass is 10.1. The molecule has 0 fully saturated rings. The van der Waals surface area contributed by atoms with Crippen LogP contribution in [0.3, 0.4) is 0 Å². The molecule has 0 aliphatic rings. The minimum atomic E-state index is -4.17. The van der Waals surface area contributed by atoms with E-state index in [1.54, 1.807) is 30.1 Å². The van der Waals surface area contributed by atoms with Crippen molar-refractivity contribution in [3.8, 4) is 0 Å². The van der Waals surface area contributed by atoms with Gasteiger partial charge in [0.1, 0.15) is 5.82 Å². The van der Waals surface area contributed by atoms with Gasteiger partial charge in [-0.25, -0.2) is 4.39 Å². The van der Waals surface area contributed by atoms with Crippen molar-refractivity contribution in [2.24, 2.45) is 0 Å². The van der Waals surface area contributed by atoms with E-state index >= 15 is 0 Å². The molecule has 2 nitrogen and oxygen atoms in total. The average molecular weight is 306 g/mol. The van der Waals surface area contributed by atoms with Crippen LogP contribution in [0.5, 0.6) is 0 Å². The predicted molar refractivity (Wildman–Crippen MR) is 75.6 cm³/mol. The molecule has 21 heavy (non-hydrogen) atoms. The lowest BCUT2D eigenvalue weighted by Gasteiger charge is -2.26. The van der Waals surface area contributed by atoms with Gasteiger partial charge in [-0.2, -0.15) is 13.2 Å². The molecule has 0 saturated carbocycles. The van der Waals surface area contributed by atoms with Gasteiger partial charge in [0.15, 0.2) is 0 Å². The maximum Gasteiger partial charge on any atom is 0.390 e. The van der Waals surface area contributed by atoms with Gasteiger partial charge in [-0.1, -0.05) is 25.1 Å². The van der Waals surface area contributed by atoms with Gasteiger partial charge in [-0.15, -0.1) is 0 Å². The molecule has 1 aromatic rings. The van der Waals surface area contributed by atoms with Crippen molar-refractivity contribution in [1.29, 1.82) is 0 Å². The Morgan fingerprint density at radius 3 is 2.48 bits per heavy atom. The summed E-state index contributed by atoms with van der Waals surface area (Å²) in [4.78, 5) is 1.58. The van der Waals surface area contributed by atoms with Crippen molar-refractivity contribution in [1.82, 2.24) is 10.2 Å². The molecule has 1 unspecified atom stereocenters. The zero-order valence-electron chi connectivity index (χ0n) is 12.4. The van der Waals surface area contributed by atoms with Crippen molar-refractivity contribution in [2.45, 2.75) is 32.0 Å². The van der Waals surface area contributed by atoms with Gasteiger partial charge >= 0.3 is 6.18 Å². The van der Waals surface area contributed by atoms with Crippen LogP contribution < -0.4 is 5.32 Å². The first-order valence-corrected chi connectivity index (χ1v) is 7.06. The molecule has 0 saturated heterocycles. The van der Waals surface area contributed by atoms with Crippen molar-refractivity contribution in [2.75, 3.05) is 26.7 Å². The summed E-state index contributed by atoms with van der Waals surface area (Å²) in [7, 11) is 1.62. The van der Waals surface area contributed by atoms with E-state index in [4.69, 9.17) is 0 Å². The molecule has 120 valence electrons. The van der Waals surface area contributed by atoms with E-state index in [2.05, 4.69) is 5.32 Å². The number of rotatable bonds is 8. The number of halogens is 4. The molecule has 0 radical (unpaired) electrons. The molecule has 1 rings (SSSR count). The summed E-state index contributed by atoms with van der Waals surface area (Å²) in [5.41, 5.74) is 0.491. The molecule has 0 bridgehead atoms. The summed E-state index contributed by atoms with van der Waals surface area (Å²) in [5.74, 6) is -0.338. The van der Waals surface area contributed by atoms with E-state index in [1.807, 2.05) is 6.92 Å². The summed E-state index contributed by atoms with van der Waals surface area (Å²) in [5, 5.41) is 3.19. The second kappa shape index (κ2) is 8.34. The Morgan fingerprint density at radius 2 is 1.90 bits per heavy atom. The first-order valence-electron chi connectivity index (χ1n) is 7.06. The van der Waals surface area contributed by atoms with Gasteiger partial charge in [0.25, 0.3) is 0 Å². The van der Waals surface area contributed by atoms with Crippen LogP contribution in [0.1, 0.15) is 31.4 Å². The molecule has 1 aromatic carbocycles. The summed E-state index contributed by atoms with van der Waals surface area (Å²) in [6.07, 6.45) is -4.16. The van der Waals surface area contributed by atoms with Gasteiger partial charge in [0.05, 0.1) is 6.42 Å². The minimum absolute atomic E-state index is 0.0950. The standard InChI is InChI=1S/C15H22F4N2/c1-3-9-20-14(12-6-4-5-7-13(12)16)11-21(2)10-8-15(17,18)19/h4-7,14,20H,3,8-11H2,1-2H3. The Bertz CT molecular complexity index is 420. The molecule has 6 heteroatoms. The third-order valence-electron chi connectivity index (χ3n) is 3.19. The van der Waals surface area contributed by atoms with Crippen LogP contribution >= 0.6 is 0 Å². The van der Waals surface area contributed by atoms with E-state index in [9.17, 15) is 17.6 Å². The number of nitrogens with one attached hydrogen (secondary N) is 1. The van der Waals surface area contributed by atoms with Crippen molar-refractivity contribution in [3.05, 3.63) is 35.6 Å². The summed E-state index contributed by atoms with van der Waals surface area (Å²) in [6, 6.07) is 6.05. The molecule has 0 aliphatic carbocycles. The van der Waals surface area contributed by atoms with E-state index in [0.717, 1.165) is 6.42 Å². The van der Waals surface area contributed by atoms with Crippen molar-refractivity contribution in [3.63, 3.8) is 0 Å². The highest BCUT2D eigenvalue weighted by Crippen LogP contribution is 2.21. The van der Waals surface area contributed by atoms with Crippen LogP contribution in [0.15, 0.2) is 24.3 Å². The minimum Gasteiger partial charge on any atom is -0.309 e. The Morgan fingerprint density at radius 1 is 1.24 bits per heavy atom. The lowest BCUT2D eigenvalue weighted by molar-refractivity contribution is -0.137. The van der Waals surface area contributed by atoms with Gasteiger partial charge in [0, 0.05) is 24.7 Å². The second-order valence-corrected chi connectivity index (χ2v) is 5.16. The number of likely N-dealkylation sites (N-methyl/N-ethyl adjacent to an activating group) is 1. The topological polar surface area (TPSA) is 15.3 Å². The van der Waals surface area contributed by atoms with Crippen LogP contribution in [0.25, 0.3) is 0 Å². The van der Waals surface area contributed by atoms with Gasteiger partial charge in [0.2, 0.25) is 0 Å². The Hall–Kier alpha value is -1.14. The fourth-order valence-corrected chi connectivity index (χ4v) is 2.07. The first-order chi connectivity index (χ1) is 9.83. The van der Waals surface area contributed by atoms with E-state index < -0.39 is 12.6 Å². The number of hydrogen-bond acceptors (Lipinski definition) is 2. The SMILES string of the molecule is CCCNC(CN(C)CCC(F)(F)F)c1ccccc1F. The van der Waals surface area contributed by atoms with Gasteiger partial charge in [-0.3, -0.25) is 0 Å². The summed E-state index contributed by atoms with van der Waals surface area (Å²) < 4.78 is 50.6. The van der Waals surface area contributed by atoms with Crippen LogP contribution in [0, 0.1) is 5.82 Å². The lowest BCUT2D eigenvalue weighted by Crippen LogP contribution is -2.35. The third-order valence-corrected chi connectivity index (χ3v) is 3.19. The molecule has 0 aromatic heterocycles. The van der Waals surface area contributed by atoms with Crippen LogP contribution in [0.2, 0.25) is 0 Å². The zero-order chi connectivity index (χ0) is 15.9. The highest BCUT2D eigenvalue weighted by molar-refractivity contribution is 5.21. The van der Waals surface area contributed by atoms with Gasteiger partial charge in [-0.05, 0) is 26.1 Å². The summed E-state index contributed by atoms with van der Waals surface area (Å²) in [6.45, 7) is 2.91. The Kier molecular flexibility index (Phi) is 7.11. The predicted octanol–water partition coefficient (Wildman–Crippen LogP) is 3.75. The second-order valence-electron chi connectivity index (χ2n) is 5.16. The maximum absolute atomic E-state index is 13.9. The first kappa shape index (κ1) is 17.9. The monoisotopic (exact) mass is 306 g/mol. The Labute approximate surface area is 123 Å². The van der Waals surface area contributed by atoms with Crippen LogP contribution in [0.4, 0.5) is 17.6 Å². The van der Waals surface area contributed by atoms with E-state index in [0.29, 0.717) is 18.7 Å². The zero-order valence-corrected chi connectivity index (χ0v) is 12.4. The highest BCUT2D eigenvalue weighted by Gasteiger charge is 2.27. The third kappa shape index (κ3) is 6.91.